The first-order valence-corrected chi connectivity index (χ1v) is 12.0. The topological polar surface area (TPSA) is 90.1 Å². The maximum atomic E-state index is 13.1. The fourth-order valence-electron chi connectivity index (χ4n) is 4.43. The lowest BCUT2D eigenvalue weighted by molar-refractivity contribution is -0.130. The molecule has 1 aliphatic heterocycles. The second-order valence-corrected chi connectivity index (χ2v) is 9.04. The van der Waals surface area contributed by atoms with E-state index >= 15 is 0 Å². The number of halogens is 1. The van der Waals surface area contributed by atoms with E-state index in [2.05, 4.69) is 20.6 Å². The van der Waals surface area contributed by atoms with Crippen molar-refractivity contribution in [2.75, 3.05) is 30.3 Å². The summed E-state index contributed by atoms with van der Waals surface area (Å²) in [7, 11) is 0. The van der Waals surface area contributed by atoms with Crippen LogP contribution in [0.4, 0.5) is 11.4 Å². The summed E-state index contributed by atoms with van der Waals surface area (Å²) in [5.74, 6) is -0.150. The number of fused-ring (bicyclic) bond motifs is 1. The number of pyridine rings is 1. The number of H-pyrrole nitrogens is 1. The lowest BCUT2D eigenvalue weighted by Gasteiger charge is -2.33. The maximum absolute atomic E-state index is 13.1. The number of anilines is 2. The molecule has 0 spiro atoms. The van der Waals surface area contributed by atoms with E-state index in [0.29, 0.717) is 41.0 Å². The fraction of sp³-hybridized carbons (Fsp3) is 0.222. The molecule has 1 aliphatic rings. The second kappa shape index (κ2) is 10.2. The molecule has 2 aromatic heterocycles. The molecule has 1 saturated heterocycles. The van der Waals surface area contributed by atoms with Crippen LogP contribution in [0.3, 0.4) is 0 Å². The van der Waals surface area contributed by atoms with Gasteiger partial charge in [-0.1, -0.05) is 29.8 Å². The number of aromatic amines is 1. The molecule has 8 heteroatoms. The van der Waals surface area contributed by atoms with Crippen molar-refractivity contribution in [3.05, 3.63) is 89.3 Å². The molecule has 35 heavy (non-hydrogen) atoms. The Hall–Kier alpha value is -3.84. The molecule has 3 heterocycles. The summed E-state index contributed by atoms with van der Waals surface area (Å²) >= 11 is 6.59. The van der Waals surface area contributed by atoms with Crippen molar-refractivity contribution >= 4 is 45.6 Å². The van der Waals surface area contributed by atoms with Gasteiger partial charge < -0.3 is 20.5 Å². The number of benzene rings is 2. The number of hydrogen-bond acceptors (Lipinski definition) is 5. The number of ketones is 1. The van der Waals surface area contributed by atoms with Crippen molar-refractivity contribution in [2.24, 2.45) is 0 Å². The lowest BCUT2D eigenvalue weighted by atomic mass is 10.0. The number of hydrogen-bond donors (Lipinski definition) is 3. The Morgan fingerprint density at radius 2 is 1.86 bits per heavy atom. The van der Waals surface area contributed by atoms with Crippen molar-refractivity contribution in [1.82, 2.24) is 14.9 Å². The van der Waals surface area contributed by atoms with Gasteiger partial charge in [-0.05, 0) is 54.6 Å². The van der Waals surface area contributed by atoms with Gasteiger partial charge in [-0.15, -0.1) is 0 Å². The second-order valence-electron chi connectivity index (χ2n) is 8.66. The van der Waals surface area contributed by atoms with Crippen molar-refractivity contribution in [3.8, 4) is 0 Å². The minimum atomic E-state index is -0.162. The Labute approximate surface area is 208 Å². The van der Waals surface area contributed by atoms with Gasteiger partial charge in [0.25, 0.3) is 0 Å². The van der Waals surface area contributed by atoms with E-state index < -0.39 is 0 Å². The highest BCUT2D eigenvalue weighted by Crippen LogP contribution is 2.28. The molecule has 7 nitrogen and oxygen atoms in total. The largest absolute Gasteiger partial charge is 0.382 e. The Kier molecular flexibility index (Phi) is 6.68. The molecule has 5 rings (SSSR count). The van der Waals surface area contributed by atoms with Crippen LogP contribution in [0.25, 0.3) is 10.9 Å². The zero-order chi connectivity index (χ0) is 24.2. The Bertz CT molecular complexity index is 1350. The van der Waals surface area contributed by atoms with Crippen LogP contribution in [0.15, 0.2) is 73.2 Å². The van der Waals surface area contributed by atoms with Crippen LogP contribution in [0.1, 0.15) is 28.8 Å². The minimum absolute atomic E-state index is 0.0114. The van der Waals surface area contributed by atoms with Crippen molar-refractivity contribution in [1.29, 1.82) is 0 Å². The van der Waals surface area contributed by atoms with Gasteiger partial charge in [0.05, 0.1) is 17.3 Å². The smallest absolute Gasteiger partial charge is 0.241 e. The lowest BCUT2D eigenvalue weighted by Crippen LogP contribution is -2.44. The van der Waals surface area contributed by atoms with E-state index in [0.717, 1.165) is 29.4 Å². The van der Waals surface area contributed by atoms with E-state index in [4.69, 9.17) is 11.6 Å². The van der Waals surface area contributed by atoms with Crippen LogP contribution in [-0.2, 0) is 4.79 Å². The number of rotatable bonds is 7. The Balaban J connectivity index is 1.18. The average Bonchev–Trinajstić information content (AvgIpc) is 3.37. The maximum Gasteiger partial charge on any atom is 0.241 e. The molecule has 178 valence electrons. The van der Waals surface area contributed by atoms with Gasteiger partial charge in [0.15, 0.2) is 5.78 Å². The quantitative estimate of drug-likeness (QED) is 0.320. The molecule has 0 atom stereocenters. The number of nitrogens with zero attached hydrogens (tertiary/aromatic N) is 2. The third kappa shape index (κ3) is 5.15. The van der Waals surface area contributed by atoms with E-state index in [1.807, 2.05) is 41.4 Å². The zero-order valence-electron chi connectivity index (χ0n) is 19.1. The van der Waals surface area contributed by atoms with Crippen LogP contribution in [0, 0.1) is 0 Å². The minimum Gasteiger partial charge on any atom is -0.382 e. The normalized spacial score (nSPS) is 14.1. The first kappa shape index (κ1) is 22.9. The number of nitrogens with one attached hydrogen (secondary N) is 3. The van der Waals surface area contributed by atoms with E-state index in [1.165, 1.54) is 0 Å². The molecule has 1 fully saturated rings. The monoisotopic (exact) mass is 487 g/mol. The molecular weight excluding hydrogens is 462 g/mol. The highest BCUT2D eigenvalue weighted by molar-refractivity contribution is 6.37. The first-order chi connectivity index (χ1) is 17.1. The molecule has 1 amide bonds. The van der Waals surface area contributed by atoms with Crippen LogP contribution < -0.4 is 10.6 Å². The summed E-state index contributed by atoms with van der Waals surface area (Å²) in [6, 6.07) is 17.0. The van der Waals surface area contributed by atoms with Crippen LogP contribution in [0.5, 0.6) is 0 Å². The third-order valence-corrected chi connectivity index (χ3v) is 6.80. The molecule has 4 aromatic rings. The first-order valence-electron chi connectivity index (χ1n) is 11.7. The van der Waals surface area contributed by atoms with Gasteiger partial charge in [-0.2, -0.15) is 0 Å². The number of piperidine rings is 1. The van der Waals surface area contributed by atoms with Gasteiger partial charge in [0.2, 0.25) is 5.91 Å². The van der Waals surface area contributed by atoms with Crippen molar-refractivity contribution < 1.29 is 9.59 Å². The molecule has 0 bridgehead atoms. The highest BCUT2D eigenvalue weighted by atomic mass is 35.5. The summed E-state index contributed by atoms with van der Waals surface area (Å²) in [4.78, 5) is 35.0. The number of likely N-dealkylation sites (tertiary alicyclic amines) is 1. The fourth-order valence-corrected chi connectivity index (χ4v) is 4.71. The third-order valence-electron chi connectivity index (χ3n) is 6.39. The Morgan fingerprint density at radius 3 is 2.66 bits per heavy atom. The van der Waals surface area contributed by atoms with Crippen LogP contribution in [-0.4, -0.2) is 52.2 Å². The predicted molar refractivity (Wildman–Crippen MR) is 139 cm³/mol. The molecule has 0 radical (unpaired) electrons. The van der Waals surface area contributed by atoms with Crippen molar-refractivity contribution in [2.45, 2.75) is 18.9 Å². The molecule has 0 aliphatic carbocycles. The summed E-state index contributed by atoms with van der Waals surface area (Å²) in [5.41, 5.74) is 3.47. The number of carbonyl (C=O) groups is 2. The SMILES string of the molecule is O=C(c1ccc2cc[nH]c2c1)c1cccc(NCC(=O)N2CCC(Nc3ccncc3)CC2)c1Cl. The summed E-state index contributed by atoms with van der Waals surface area (Å²) in [6.07, 6.45) is 7.13. The summed E-state index contributed by atoms with van der Waals surface area (Å²) in [6.45, 7) is 1.50. The summed E-state index contributed by atoms with van der Waals surface area (Å²) in [5, 5.41) is 7.99. The standard InChI is InChI=1S/C27H26ClN5O2/c28-26-22(27(35)19-5-4-18-6-13-30-24(18)16-19)2-1-3-23(26)31-17-25(34)33-14-9-21(10-15-33)32-20-7-11-29-12-8-20/h1-8,11-13,16,21,30-31H,9-10,14-15,17H2,(H,29,32). The molecule has 3 N–H and O–H groups in total. The average molecular weight is 488 g/mol. The molecular formula is C27H26ClN5O2. The van der Waals surface area contributed by atoms with Gasteiger partial charge in [0.1, 0.15) is 0 Å². The summed E-state index contributed by atoms with van der Waals surface area (Å²) < 4.78 is 0. The van der Waals surface area contributed by atoms with Crippen LogP contribution in [0.2, 0.25) is 5.02 Å². The highest BCUT2D eigenvalue weighted by Gasteiger charge is 2.23. The van der Waals surface area contributed by atoms with Gasteiger partial charge in [0, 0.05) is 60.1 Å². The van der Waals surface area contributed by atoms with Crippen molar-refractivity contribution in [3.63, 3.8) is 0 Å². The molecule has 0 unspecified atom stereocenters. The van der Waals surface area contributed by atoms with E-state index in [-0.39, 0.29) is 18.2 Å². The van der Waals surface area contributed by atoms with Gasteiger partial charge >= 0.3 is 0 Å². The molecule has 2 aromatic carbocycles. The number of carbonyl (C=O) groups excluding carboxylic acids is 2. The number of amides is 1. The Morgan fingerprint density at radius 1 is 1.06 bits per heavy atom. The van der Waals surface area contributed by atoms with Crippen LogP contribution >= 0.6 is 11.6 Å². The van der Waals surface area contributed by atoms with E-state index in [1.54, 1.807) is 36.7 Å². The van der Waals surface area contributed by atoms with Gasteiger partial charge in [-0.25, -0.2) is 0 Å². The zero-order valence-corrected chi connectivity index (χ0v) is 19.9. The molecule has 0 saturated carbocycles. The van der Waals surface area contributed by atoms with Gasteiger partial charge in [-0.3, -0.25) is 14.6 Å². The predicted octanol–water partition coefficient (Wildman–Crippen LogP) is 4.96. The van der Waals surface area contributed by atoms with E-state index in [9.17, 15) is 9.59 Å². The number of aromatic nitrogens is 2.